The Balaban J connectivity index is 2.25. The SMILES string of the molecule is COC(=O)CSCCOc1ccc(C#CCCO)cc1. The molecule has 0 fully saturated rings. The highest BCUT2D eigenvalue weighted by Gasteiger charge is 2.00. The van der Waals surface area contributed by atoms with Gasteiger partial charge in [0, 0.05) is 17.7 Å². The standard InChI is InChI=1S/C15H18O4S/c1-18-15(17)12-20-11-10-19-14-7-5-13(6-8-14)4-2-3-9-16/h5-8,16H,3,9-12H2,1H3. The van der Waals surface area contributed by atoms with E-state index in [0.29, 0.717) is 18.8 Å². The number of ether oxygens (including phenoxy) is 2. The highest BCUT2D eigenvalue weighted by Crippen LogP contribution is 2.12. The molecule has 1 rings (SSSR count). The van der Waals surface area contributed by atoms with Crippen LogP contribution in [0.4, 0.5) is 0 Å². The summed E-state index contributed by atoms with van der Waals surface area (Å²) >= 11 is 1.48. The van der Waals surface area contributed by atoms with Gasteiger partial charge in [0.05, 0.1) is 26.1 Å². The number of thioether (sulfide) groups is 1. The molecule has 0 bridgehead atoms. The van der Waals surface area contributed by atoms with Crippen LogP contribution in [-0.4, -0.2) is 42.9 Å². The molecule has 20 heavy (non-hydrogen) atoms. The smallest absolute Gasteiger partial charge is 0.315 e. The molecule has 0 radical (unpaired) electrons. The first-order valence-corrected chi connectivity index (χ1v) is 7.39. The van der Waals surface area contributed by atoms with Crippen LogP contribution < -0.4 is 4.74 Å². The lowest BCUT2D eigenvalue weighted by Crippen LogP contribution is -2.06. The predicted octanol–water partition coefficient (Wildman–Crippen LogP) is 1.71. The number of carbonyl (C=O) groups excluding carboxylic acids is 1. The Hall–Kier alpha value is -1.64. The van der Waals surface area contributed by atoms with Crippen LogP contribution in [0.3, 0.4) is 0 Å². The van der Waals surface area contributed by atoms with Gasteiger partial charge in [0.25, 0.3) is 0 Å². The zero-order valence-corrected chi connectivity index (χ0v) is 12.2. The van der Waals surface area contributed by atoms with Gasteiger partial charge in [-0.15, -0.1) is 11.8 Å². The van der Waals surface area contributed by atoms with Gasteiger partial charge in [0.1, 0.15) is 5.75 Å². The summed E-state index contributed by atoms with van der Waals surface area (Å²) in [6.45, 7) is 0.620. The van der Waals surface area contributed by atoms with E-state index in [9.17, 15) is 4.79 Å². The number of carbonyl (C=O) groups is 1. The van der Waals surface area contributed by atoms with Crippen molar-refractivity contribution in [3.05, 3.63) is 29.8 Å². The van der Waals surface area contributed by atoms with Crippen molar-refractivity contribution >= 4 is 17.7 Å². The minimum absolute atomic E-state index is 0.0808. The predicted molar refractivity (Wildman–Crippen MR) is 79.9 cm³/mol. The Morgan fingerprint density at radius 3 is 2.75 bits per heavy atom. The lowest BCUT2D eigenvalue weighted by atomic mass is 10.2. The van der Waals surface area contributed by atoms with Gasteiger partial charge in [-0.1, -0.05) is 11.8 Å². The Morgan fingerprint density at radius 2 is 2.10 bits per heavy atom. The maximum absolute atomic E-state index is 10.9. The van der Waals surface area contributed by atoms with Gasteiger partial charge < -0.3 is 14.6 Å². The van der Waals surface area contributed by atoms with Crippen molar-refractivity contribution in [1.29, 1.82) is 0 Å². The van der Waals surface area contributed by atoms with E-state index in [1.54, 1.807) is 0 Å². The van der Waals surface area contributed by atoms with Crippen molar-refractivity contribution in [3.63, 3.8) is 0 Å². The Bertz CT molecular complexity index is 459. The van der Waals surface area contributed by atoms with Crippen LogP contribution in [-0.2, 0) is 9.53 Å². The van der Waals surface area contributed by atoms with E-state index in [1.165, 1.54) is 18.9 Å². The molecule has 5 heteroatoms. The number of rotatable bonds is 7. The fourth-order valence-electron chi connectivity index (χ4n) is 1.29. The lowest BCUT2D eigenvalue weighted by Gasteiger charge is -2.05. The minimum Gasteiger partial charge on any atom is -0.493 e. The molecule has 1 N–H and O–H groups in total. The van der Waals surface area contributed by atoms with E-state index >= 15 is 0 Å². The van der Waals surface area contributed by atoms with Crippen LogP contribution in [0, 0.1) is 11.8 Å². The van der Waals surface area contributed by atoms with E-state index in [0.717, 1.165) is 17.1 Å². The third-order valence-corrected chi connectivity index (χ3v) is 3.16. The molecule has 0 atom stereocenters. The highest BCUT2D eigenvalue weighted by molar-refractivity contribution is 7.99. The van der Waals surface area contributed by atoms with E-state index in [1.807, 2.05) is 24.3 Å². The normalized spacial score (nSPS) is 9.50. The van der Waals surface area contributed by atoms with Gasteiger partial charge >= 0.3 is 5.97 Å². The molecule has 0 aliphatic heterocycles. The van der Waals surface area contributed by atoms with Crippen molar-refractivity contribution in [2.75, 3.05) is 31.8 Å². The number of hydrogen-bond acceptors (Lipinski definition) is 5. The first kappa shape index (κ1) is 16.4. The van der Waals surface area contributed by atoms with Crippen molar-refractivity contribution in [3.8, 4) is 17.6 Å². The van der Waals surface area contributed by atoms with Crippen molar-refractivity contribution in [2.24, 2.45) is 0 Å². The zero-order chi connectivity index (χ0) is 14.6. The molecule has 0 saturated carbocycles. The molecule has 0 spiro atoms. The second-order valence-corrected chi connectivity index (χ2v) is 4.88. The monoisotopic (exact) mass is 294 g/mol. The van der Waals surface area contributed by atoms with Crippen molar-refractivity contribution < 1.29 is 19.4 Å². The lowest BCUT2D eigenvalue weighted by molar-refractivity contribution is -0.137. The van der Waals surface area contributed by atoms with Crippen molar-refractivity contribution in [1.82, 2.24) is 0 Å². The molecule has 0 saturated heterocycles. The van der Waals surface area contributed by atoms with Crippen molar-refractivity contribution in [2.45, 2.75) is 6.42 Å². The molecule has 1 aromatic rings. The fraction of sp³-hybridized carbons (Fsp3) is 0.400. The molecule has 4 nitrogen and oxygen atoms in total. The highest BCUT2D eigenvalue weighted by atomic mass is 32.2. The molecule has 1 aromatic carbocycles. The summed E-state index contributed by atoms with van der Waals surface area (Å²) in [4.78, 5) is 10.9. The van der Waals surface area contributed by atoms with Gasteiger partial charge in [0.15, 0.2) is 0 Å². The number of esters is 1. The molecular weight excluding hydrogens is 276 g/mol. The number of aliphatic hydroxyl groups is 1. The van der Waals surface area contributed by atoms with Gasteiger partial charge in [-0.3, -0.25) is 4.79 Å². The molecule has 0 heterocycles. The number of aliphatic hydroxyl groups excluding tert-OH is 1. The minimum atomic E-state index is -0.221. The van der Waals surface area contributed by atoms with Crippen LogP contribution in [0.2, 0.25) is 0 Å². The van der Waals surface area contributed by atoms with Crippen LogP contribution in [0.5, 0.6) is 5.75 Å². The summed E-state index contributed by atoms with van der Waals surface area (Å²) in [7, 11) is 1.38. The summed E-state index contributed by atoms with van der Waals surface area (Å²) in [5, 5.41) is 8.63. The maximum atomic E-state index is 10.9. The summed E-state index contributed by atoms with van der Waals surface area (Å²) in [6.07, 6.45) is 0.482. The molecule has 0 amide bonds. The molecule has 0 aliphatic carbocycles. The average molecular weight is 294 g/mol. The molecule has 0 aliphatic rings. The quantitative estimate of drug-likeness (QED) is 0.471. The summed E-state index contributed by atoms with van der Waals surface area (Å²) < 4.78 is 10.1. The maximum Gasteiger partial charge on any atom is 0.315 e. The topological polar surface area (TPSA) is 55.8 Å². The zero-order valence-electron chi connectivity index (χ0n) is 11.4. The van der Waals surface area contributed by atoms with E-state index in [2.05, 4.69) is 16.6 Å². The largest absolute Gasteiger partial charge is 0.493 e. The Morgan fingerprint density at radius 1 is 1.35 bits per heavy atom. The first-order chi connectivity index (χ1) is 9.76. The third kappa shape index (κ3) is 7.07. The Labute approximate surface area is 123 Å². The van der Waals surface area contributed by atoms with Crippen LogP contribution in [0.15, 0.2) is 24.3 Å². The first-order valence-electron chi connectivity index (χ1n) is 6.23. The Kier molecular flexibility index (Phi) is 8.36. The number of benzene rings is 1. The molecule has 0 aromatic heterocycles. The molecular formula is C15H18O4S. The summed E-state index contributed by atoms with van der Waals surface area (Å²) in [5.74, 6) is 7.43. The van der Waals surface area contributed by atoms with Crippen LogP contribution >= 0.6 is 11.8 Å². The summed E-state index contributed by atoms with van der Waals surface area (Å²) in [6, 6.07) is 7.46. The van der Waals surface area contributed by atoms with Gasteiger partial charge in [0.2, 0.25) is 0 Å². The third-order valence-electron chi connectivity index (χ3n) is 2.27. The van der Waals surface area contributed by atoms with E-state index in [-0.39, 0.29) is 12.6 Å². The van der Waals surface area contributed by atoms with E-state index < -0.39 is 0 Å². The average Bonchev–Trinajstić information content (AvgIpc) is 2.48. The van der Waals surface area contributed by atoms with E-state index in [4.69, 9.17) is 9.84 Å². The second-order valence-electron chi connectivity index (χ2n) is 3.78. The number of methoxy groups -OCH3 is 1. The van der Waals surface area contributed by atoms with Gasteiger partial charge in [-0.2, -0.15) is 0 Å². The van der Waals surface area contributed by atoms with Gasteiger partial charge in [-0.05, 0) is 24.3 Å². The second kappa shape index (κ2) is 10.2. The fourth-order valence-corrected chi connectivity index (χ4v) is 1.92. The number of hydrogen-bond donors (Lipinski definition) is 1. The van der Waals surface area contributed by atoms with Crippen LogP contribution in [0.25, 0.3) is 0 Å². The molecule has 108 valence electrons. The molecule has 0 unspecified atom stereocenters. The van der Waals surface area contributed by atoms with Crippen LogP contribution in [0.1, 0.15) is 12.0 Å². The van der Waals surface area contributed by atoms with Gasteiger partial charge in [-0.25, -0.2) is 0 Å². The summed E-state index contributed by atoms with van der Waals surface area (Å²) in [5.41, 5.74) is 0.894.